The summed E-state index contributed by atoms with van der Waals surface area (Å²) in [7, 11) is 0. The second-order valence-corrected chi connectivity index (χ2v) is 6.02. The van der Waals surface area contributed by atoms with Crippen molar-refractivity contribution >= 4 is 12.0 Å². The van der Waals surface area contributed by atoms with Gasteiger partial charge in [0.1, 0.15) is 5.60 Å². The second-order valence-electron chi connectivity index (χ2n) is 6.02. The summed E-state index contributed by atoms with van der Waals surface area (Å²) in [5, 5.41) is 21.1. The molecule has 0 aromatic heterocycles. The topological polar surface area (TPSA) is 99.1 Å². The van der Waals surface area contributed by atoms with Crippen LogP contribution in [0.2, 0.25) is 0 Å². The van der Waals surface area contributed by atoms with Crippen molar-refractivity contribution in [3.8, 4) is 0 Å². The van der Waals surface area contributed by atoms with Gasteiger partial charge in [-0.05, 0) is 20.8 Å². The van der Waals surface area contributed by atoms with Gasteiger partial charge in [-0.25, -0.2) is 4.79 Å². The molecule has 7 nitrogen and oxygen atoms in total. The molecule has 1 heterocycles. The minimum Gasteiger partial charge on any atom is -0.444 e. The molecule has 0 aliphatic carbocycles. The monoisotopic (exact) mass is 328 g/mol. The summed E-state index contributed by atoms with van der Waals surface area (Å²) in [5.74, 6) is -2.26. The molecule has 128 valence electrons. The number of alkyl halides is 3. The van der Waals surface area contributed by atoms with Crippen molar-refractivity contribution in [1.29, 1.82) is 0 Å². The zero-order chi connectivity index (χ0) is 17.3. The van der Waals surface area contributed by atoms with E-state index in [-0.39, 0.29) is 13.1 Å². The van der Waals surface area contributed by atoms with Gasteiger partial charge in [0.05, 0.1) is 31.3 Å². The maximum Gasteiger partial charge on any atom is 0.471 e. The molecule has 0 aromatic rings. The van der Waals surface area contributed by atoms with E-state index in [9.17, 15) is 33.0 Å². The molecule has 1 unspecified atom stereocenters. The number of aliphatic hydroxyl groups is 2. The van der Waals surface area contributed by atoms with Crippen molar-refractivity contribution in [1.82, 2.24) is 10.2 Å². The molecular formula is C12H19F3N2O5. The predicted molar refractivity (Wildman–Crippen MR) is 67.8 cm³/mol. The summed E-state index contributed by atoms with van der Waals surface area (Å²) < 4.78 is 41.6. The van der Waals surface area contributed by atoms with Gasteiger partial charge in [-0.15, -0.1) is 0 Å². The average Bonchev–Trinajstić information content (AvgIpc) is 2.29. The van der Waals surface area contributed by atoms with Crippen LogP contribution in [0.5, 0.6) is 0 Å². The van der Waals surface area contributed by atoms with Crippen LogP contribution in [-0.4, -0.2) is 70.2 Å². The number of amides is 2. The number of rotatable bonds is 1. The SMILES string of the molecule is CC(C)(C)OC(=O)N1C[C@@H](O)C(NC(=O)C(F)(F)F)[C@@H](O)C1. The van der Waals surface area contributed by atoms with E-state index < -0.39 is 42.0 Å². The predicted octanol–water partition coefficient (Wildman–Crippen LogP) is 0.00600. The molecule has 0 aromatic carbocycles. The van der Waals surface area contributed by atoms with E-state index in [1.165, 1.54) is 5.32 Å². The van der Waals surface area contributed by atoms with Crippen molar-refractivity contribution in [2.45, 2.75) is 50.8 Å². The molecule has 22 heavy (non-hydrogen) atoms. The molecule has 3 N–H and O–H groups in total. The Morgan fingerprint density at radius 2 is 1.59 bits per heavy atom. The van der Waals surface area contributed by atoms with Gasteiger partial charge in [0.25, 0.3) is 0 Å². The fourth-order valence-corrected chi connectivity index (χ4v) is 1.91. The molecule has 3 atom stereocenters. The molecule has 1 aliphatic heterocycles. The van der Waals surface area contributed by atoms with Gasteiger partial charge in [-0.3, -0.25) is 4.79 Å². The highest BCUT2D eigenvalue weighted by molar-refractivity contribution is 5.82. The van der Waals surface area contributed by atoms with Crippen LogP contribution in [-0.2, 0) is 9.53 Å². The Morgan fingerprint density at radius 3 is 1.95 bits per heavy atom. The third-order valence-corrected chi connectivity index (χ3v) is 2.85. The van der Waals surface area contributed by atoms with E-state index in [0.29, 0.717) is 0 Å². The van der Waals surface area contributed by atoms with Crippen LogP contribution >= 0.6 is 0 Å². The number of carbonyl (C=O) groups is 2. The zero-order valence-electron chi connectivity index (χ0n) is 12.3. The summed E-state index contributed by atoms with van der Waals surface area (Å²) in [4.78, 5) is 23.6. The van der Waals surface area contributed by atoms with E-state index in [1.54, 1.807) is 20.8 Å². The first kappa shape index (κ1) is 18.5. The van der Waals surface area contributed by atoms with Gasteiger partial charge >= 0.3 is 18.2 Å². The molecule has 1 rings (SSSR count). The highest BCUT2D eigenvalue weighted by atomic mass is 19.4. The molecule has 0 saturated carbocycles. The molecule has 1 aliphatic rings. The fourth-order valence-electron chi connectivity index (χ4n) is 1.91. The van der Waals surface area contributed by atoms with Gasteiger partial charge in [0.2, 0.25) is 0 Å². The highest BCUT2D eigenvalue weighted by Gasteiger charge is 2.45. The van der Waals surface area contributed by atoms with E-state index in [2.05, 4.69) is 0 Å². The number of piperidine rings is 1. The van der Waals surface area contributed by atoms with Crippen LogP contribution in [0.25, 0.3) is 0 Å². The van der Waals surface area contributed by atoms with Crippen molar-refractivity contribution in [2.75, 3.05) is 13.1 Å². The number of β-amino-alcohol motifs (C(OH)–C–C–N with tert-alkyl or cyclic N) is 2. The van der Waals surface area contributed by atoms with E-state index >= 15 is 0 Å². The molecule has 2 amide bonds. The summed E-state index contributed by atoms with van der Waals surface area (Å²) >= 11 is 0. The second kappa shape index (κ2) is 6.29. The molecule has 0 spiro atoms. The van der Waals surface area contributed by atoms with Crippen molar-refractivity contribution in [3.05, 3.63) is 0 Å². The van der Waals surface area contributed by atoms with Crippen molar-refractivity contribution < 1.29 is 37.7 Å². The zero-order valence-corrected chi connectivity index (χ0v) is 12.3. The quantitative estimate of drug-likeness (QED) is 0.630. The van der Waals surface area contributed by atoms with E-state index in [0.717, 1.165) is 4.90 Å². The Balaban J connectivity index is 2.69. The molecule has 1 fully saturated rings. The number of ether oxygens (including phenoxy) is 1. The number of likely N-dealkylation sites (tertiary alicyclic amines) is 1. The Kier molecular flexibility index (Phi) is 5.29. The normalized spacial score (nSPS) is 26.5. The largest absolute Gasteiger partial charge is 0.471 e. The summed E-state index contributed by atoms with van der Waals surface area (Å²) in [6, 6.07) is -1.52. The lowest BCUT2D eigenvalue weighted by Gasteiger charge is -2.39. The fraction of sp³-hybridized carbons (Fsp3) is 0.833. The first-order valence-electron chi connectivity index (χ1n) is 6.53. The van der Waals surface area contributed by atoms with Crippen LogP contribution in [0.4, 0.5) is 18.0 Å². The molecule has 0 bridgehead atoms. The smallest absolute Gasteiger partial charge is 0.444 e. The molecule has 1 saturated heterocycles. The van der Waals surface area contributed by atoms with Gasteiger partial charge < -0.3 is 25.2 Å². The van der Waals surface area contributed by atoms with Gasteiger partial charge in [0, 0.05) is 0 Å². The first-order valence-corrected chi connectivity index (χ1v) is 6.53. The van der Waals surface area contributed by atoms with E-state index in [1.807, 2.05) is 0 Å². The lowest BCUT2D eigenvalue weighted by Crippen LogP contribution is -2.64. The molecule has 10 heteroatoms. The Hall–Kier alpha value is -1.55. The lowest BCUT2D eigenvalue weighted by atomic mass is 9.99. The van der Waals surface area contributed by atoms with Gasteiger partial charge in [-0.2, -0.15) is 13.2 Å². The number of halogens is 3. The van der Waals surface area contributed by atoms with E-state index in [4.69, 9.17) is 4.74 Å². The first-order chi connectivity index (χ1) is 9.81. The van der Waals surface area contributed by atoms with Gasteiger partial charge in [0.15, 0.2) is 0 Å². The van der Waals surface area contributed by atoms with Crippen LogP contribution in [0.15, 0.2) is 0 Å². The van der Waals surface area contributed by atoms with Crippen molar-refractivity contribution in [2.24, 2.45) is 0 Å². The minimum atomic E-state index is -5.12. The Bertz CT molecular complexity index is 423. The third kappa shape index (κ3) is 5.02. The van der Waals surface area contributed by atoms with Gasteiger partial charge in [-0.1, -0.05) is 0 Å². The maximum atomic E-state index is 12.2. The number of aliphatic hydroxyl groups excluding tert-OH is 2. The van der Waals surface area contributed by atoms with Crippen LogP contribution < -0.4 is 5.32 Å². The van der Waals surface area contributed by atoms with Crippen LogP contribution in [0.3, 0.4) is 0 Å². The minimum absolute atomic E-state index is 0.366. The highest BCUT2D eigenvalue weighted by Crippen LogP contribution is 2.19. The van der Waals surface area contributed by atoms with Crippen LogP contribution in [0, 0.1) is 0 Å². The number of nitrogens with one attached hydrogen (secondary N) is 1. The number of hydrogen-bond acceptors (Lipinski definition) is 5. The summed E-state index contributed by atoms with van der Waals surface area (Å²) in [6.45, 7) is 4.12. The standard InChI is InChI=1S/C12H19F3N2O5/c1-11(2,3)22-10(21)17-4-6(18)8(7(19)5-17)16-9(20)12(13,14)15/h6-8,18-19H,4-5H2,1-3H3,(H,16,20)/t6-,7+,8?. The van der Waals surface area contributed by atoms with Crippen LogP contribution in [0.1, 0.15) is 20.8 Å². The number of hydrogen-bond donors (Lipinski definition) is 3. The number of carbonyl (C=O) groups excluding carboxylic acids is 2. The lowest BCUT2D eigenvalue weighted by molar-refractivity contribution is -0.177. The third-order valence-electron chi connectivity index (χ3n) is 2.85. The Labute approximate surface area is 125 Å². The Morgan fingerprint density at radius 1 is 1.14 bits per heavy atom. The number of nitrogens with zero attached hydrogens (tertiary/aromatic N) is 1. The maximum absolute atomic E-state index is 12.2. The summed E-state index contributed by atoms with van der Waals surface area (Å²) in [5.41, 5.74) is -0.797. The average molecular weight is 328 g/mol. The molecule has 0 radical (unpaired) electrons. The van der Waals surface area contributed by atoms with Crippen molar-refractivity contribution in [3.63, 3.8) is 0 Å². The molecular weight excluding hydrogens is 309 g/mol. The summed E-state index contributed by atoms with van der Waals surface area (Å²) in [6.07, 6.45) is -9.04.